The van der Waals surface area contributed by atoms with Crippen molar-refractivity contribution in [1.82, 2.24) is 5.43 Å². The highest BCUT2D eigenvalue weighted by molar-refractivity contribution is 7.99. The fourth-order valence-electron chi connectivity index (χ4n) is 3.13. The molecule has 0 bridgehead atoms. The lowest BCUT2D eigenvalue weighted by Crippen LogP contribution is -2.44. The zero-order chi connectivity index (χ0) is 14.4. The lowest BCUT2D eigenvalue weighted by molar-refractivity contribution is 0.219. The molecule has 2 nitrogen and oxygen atoms in total. The first-order valence-electron chi connectivity index (χ1n) is 7.57. The number of hydrazine groups is 1. The van der Waals surface area contributed by atoms with Gasteiger partial charge >= 0.3 is 0 Å². The molecule has 0 saturated heterocycles. The van der Waals surface area contributed by atoms with Gasteiger partial charge in [-0.15, -0.1) is 11.8 Å². The summed E-state index contributed by atoms with van der Waals surface area (Å²) in [6, 6.07) is 8.45. The van der Waals surface area contributed by atoms with Crippen molar-refractivity contribution in [2.45, 2.75) is 50.0 Å². The summed E-state index contributed by atoms with van der Waals surface area (Å²) in [6.45, 7) is 2.30. The van der Waals surface area contributed by atoms with Crippen LogP contribution in [0, 0.1) is 11.8 Å². The number of nitrogens with one attached hydrogen (secondary N) is 1. The third kappa shape index (κ3) is 4.66. The van der Waals surface area contributed by atoms with Crippen LogP contribution in [0.2, 0.25) is 5.02 Å². The number of thioether (sulfide) groups is 1. The molecule has 3 unspecified atom stereocenters. The van der Waals surface area contributed by atoms with Gasteiger partial charge in [-0.25, -0.2) is 0 Å². The molecule has 0 amide bonds. The molecule has 112 valence electrons. The summed E-state index contributed by atoms with van der Waals surface area (Å²) >= 11 is 7.87. The Balaban J connectivity index is 1.88. The third-order valence-electron chi connectivity index (χ3n) is 4.41. The molecule has 4 heteroatoms. The predicted octanol–water partition coefficient (Wildman–Crippen LogP) is 4.48. The number of hydrogen-bond acceptors (Lipinski definition) is 3. The Labute approximate surface area is 131 Å². The van der Waals surface area contributed by atoms with Crippen molar-refractivity contribution in [1.29, 1.82) is 0 Å². The van der Waals surface area contributed by atoms with E-state index in [0.29, 0.717) is 12.0 Å². The Morgan fingerprint density at radius 2 is 2.30 bits per heavy atom. The largest absolute Gasteiger partial charge is 0.271 e. The second-order valence-corrected chi connectivity index (χ2v) is 7.27. The normalized spacial score (nSPS) is 24.6. The summed E-state index contributed by atoms with van der Waals surface area (Å²) < 4.78 is 0. The summed E-state index contributed by atoms with van der Waals surface area (Å²) in [6.07, 6.45) is 6.67. The first-order chi connectivity index (χ1) is 9.72. The van der Waals surface area contributed by atoms with Gasteiger partial charge in [-0.05, 0) is 42.9 Å². The average Bonchev–Trinajstić information content (AvgIpc) is 2.48. The first-order valence-corrected chi connectivity index (χ1v) is 8.93. The Bertz CT molecular complexity index is 413. The molecule has 1 aromatic carbocycles. The van der Waals surface area contributed by atoms with Gasteiger partial charge in [-0.2, -0.15) is 0 Å². The van der Waals surface area contributed by atoms with E-state index in [9.17, 15) is 0 Å². The van der Waals surface area contributed by atoms with Crippen LogP contribution in [0.3, 0.4) is 0 Å². The van der Waals surface area contributed by atoms with Crippen LogP contribution in [-0.2, 0) is 0 Å². The summed E-state index contributed by atoms with van der Waals surface area (Å²) in [5.41, 5.74) is 3.05. The molecule has 2 rings (SSSR count). The molecule has 0 heterocycles. The van der Waals surface area contributed by atoms with Gasteiger partial charge in [-0.1, -0.05) is 43.9 Å². The Morgan fingerprint density at radius 1 is 1.45 bits per heavy atom. The molecule has 0 spiro atoms. The number of rotatable bonds is 6. The molecule has 1 saturated carbocycles. The van der Waals surface area contributed by atoms with Crippen LogP contribution >= 0.6 is 23.4 Å². The Hall–Kier alpha value is -0.220. The maximum absolute atomic E-state index is 6.03. The summed E-state index contributed by atoms with van der Waals surface area (Å²) in [5, 5.41) is 0.802. The second kappa shape index (κ2) is 8.28. The van der Waals surface area contributed by atoms with Gasteiger partial charge < -0.3 is 0 Å². The van der Waals surface area contributed by atoms with Gasteiger partial charge in [-0.3, -0.25) is 11.3 Å². The molecular formula is C16H25ClN2S. The summed E-state index contributed by atoms with van der Waals surface area (Å²) in [4.78, 5) is 1.22. The lowest BCUT2D eigenvalue weighted by atomic mass is 9.77. The van der Waals surface area contributed by atoms with Crippen LogP contribution in [-0.4, -0.2) is 11.8 Å². The molecule has 1 aliphatic carbocycles. The lowest BCUT2D eigenvalue weighted by Gasteiger charge is -2.33. The van der Waals surface area contributed by atoms with Gasteiger partial charge in [0.15, 0.2) is 0 Å². The minimum Gasteiger partial charge on any atom is -0.271 e. The van der Waals surface area contributed by atoms with E-state index in [1.54, 1.807) is 0 Å². The molecular weight excluding hydrogens is 288 g/mol. The Kier molecular flexibility index (Phi) is 6.69. The number of nitrogens with two attached hydrogens (primary N) is 1. The standard InChI is InChI=1S/C16H25ClN2S/c1-2-12-5-3-6-13(9-12)16(19-18)11-20-15-8-4-7-14(17)10-15/h4,7-8,10,12-13,16,19H,2-3,5-6,9,11,18H2,1H3. The minimum absolute atomic E-state index is 0.397. The maximum Gasteiger partial charge on any atom is 0.0417 e. The molecule has 3 N–H and O–H groups in total. The number of hydrogen-bond donors (Lipinski definition) is 2. The monoisotopic (exact) mass is 312 g/mol. The molecule has 0 radical (unpaired) electrons. The van der Waals surface area contributed by atoms with Crippen LogP contribution < -0.4 is 11.3 Å². The fourth-order valence-corrected chi connectivity index (χ4v) is 4.51. The highest BCUT2D eigenvalue weighted by Gasteiger charge is 2.27. The van der Waals surface area contributed by atoms with Crippen LogP contribution in [0.1, 0.15) is 39.0 Å². The molecule has 1 aromatic rings. The zero-order valence-electron chi connectivity index (χ0n) is 12.1. The minimum atomic E-state index is 0.397. The first kappa shape index (κ1) is 16.2. The quantitative estimate of drug-likeness (QED) is 0.462. The highest BCUT2D eigenvalue weighted by Crippen LogP contribution is 2.34. The van der Waals surface area contributed by atoms with Gasteiger partial charge in [0.2, 0.25) is 0 Å². The van der Waals surface area contributed by atoms with Crippen molar-refractivity contribution in [3.63, 3.8) is 0 Å². The smallest absolute Gasteiger partial charge is 0.0417 e. The molecule has 0 aromatic heterocycles. The molecule has 0 aliphatic heterocycles. The van der Waals surface area contributed by atoms with E-state index < -0.39 is 0 Å². The van der Waals surface area contributed by atoms with E-state index in [1.165, 1.54) is 37.0 Å². The summed E-state index contributed by atoms with van der Waals surface area (Å²) in [5.74, 6) is 8.41. The molecule has 1 aliphatic rings. The van der Waals surface area contributed by atoms with Crippen LogP contribution in [0.25, 0.3) is 0 Å². The van der Waals surface area contributed by atoms with Crippen molar-refractivity contribution in [2.24, 2.45) is 17.7 Å². The van der Waals surface area contributed by atoms with Gasteiger partial charge in [0, 0.05) is 21.7 Å². The fraction of sp³-hybridized carbons (Fsp3) is 0.625. The SMILES string of the molecule is CCC1CCCC(C(CSc2cccc(Cl)c2)NN)C1. The van der Waals surface area contributed by atoms with E-state index in [-0.39, 0.29) is 0 Å². The van der Waals surface area contributed by atoms with Gasteiger partial charge in [0.05, 0.1) is 0 Å². The third-order valence-corrected chi connectivity index (χ3v) is 5.76. The topological polar surface area (TPSA) is 38.0 Å². The van der Waals surface area contributed by atoms with E-state index >= 15 is 0 Å². The zero-order valence-corrected chi connectivity index (χ0v) is 13.7. The van der Waals surface area contributed by atoms with Crippen molar-refractivity contribution < 1.29 is 0 Å². The second-order valence-electron chi connectivity index (χ2n) is 5.74. The highest BCUT2D eigenvalue weighted by atomic mass is 35.5. The number of benzene rings is 1. The molecule has 1 fully saturated rings. The van der Waals surface area contributed by atoms with E-state index in [2.05, 4.69) is 18.4 Å². The van der Waals surface area contributed by atoms with Gasteiger partial charge in [0.25, 0.3) is 0 Å². The van der Waals surface area contributed by atoms with Crippen LogP contribution in [0.4, 0.5) is 0 Å². The van der Waals surface area contributed by atoms with Crippen molar-refractivity contribution in [3.8, 4) is 0 Å². The van der Waals surface area contributed by atoms with E-state index in [0.717, 1.165) is 16.7 Å². The maximum atomic E-state index is 6.03. The average molecular weight is 313 g/mol. The summed E-state index contributed by atoms with van der Waals surface area (Å²) in [7, 11) is 0. The van der Waals surface area contributed by atoms with Gasteiger partial charge in [0.1, 0.15) is 0 Å². The van der Waals surface area contributed by atoms with Crippen LogP contribution in [0.15, 0.2) is 29.2 Å². The molecule has 3 atom stereocenters. The Morgan fingerprint density at radius 3 is 3.00 bits per heavy atom. The van der Waals surface area contributed by atoms with E-state index in [4.69, 9.17) is 17.4 Å². The van der Waals surface area contributed by atoms with Crippen molar-refractivity contribution in [2.75, 3.05) is 5.75 Å². The van der Waals surface area contributed by atoms with E-state index in [1.807, 2.05) is 30.0 Å². The number of halogens is 1. The molecule has 20 heavy (non-hydrogen) atoms. The predicted molar refractivity (Wildman–Crippen MR) is 89.0 cm³/mol. The van der Waals surface area contributed by atoms with Crippen molar-refractivity contribution >= 4 is 23.4 Å². The van der Waals surface area contributed by atoms with Crippen LogP contribution in [0.5, 0.6) is 0 Å². The van der Waals surface area contributed by atoms with Crippen molar-refractivity contribution in [3.05, 3.63) is 29.3 Å².